The second-order valence-corrected chi connectivity index (χ2v) is 5.87. The standard InChI is InChI=1S/C16H22N4O2/c1-12-17-7-9-20(12)10-8-18-16(21)15-11-14(19-22-15)13-5-3-2-4-6-13/h7,9,11,13H,2-6,8,10H2,1H3,(H,18,21). The van der Waals surface area contributed by atoms with Gasteiger partial charge in [-0.25, -0.2) is 4.98 Å². The number of hydrogen-bond donors (Lipinski definition) is 1. The fraction of sp³-hybridized carbons (Fsp3) is 0.562. The van der Waals surface area contributed by atoms with Crippen LogP contribution >= 0.6 is 0 Å². The molecule has 0 saturated heterocycles. The molecule has 3 rings (SSSR count). The molecule has 1 aliphatic carbocycles. The molecule has 0 unspecified atom stereocenters. The van der Waals surface area contributed by atoms with E-state index in [2.05, 4.69) is 15.5 Å². The maximum atomic E-state index is 12.1. The van der Waals surface area contributed by atoms with Crippen LogP contribution in [-0.2, 0) is 6.54 Å². The zero-order valence-corrected chi connectivity index (χ0v) is 12.9. The van der Waals surface area contributed by atoms with Crippen molar-refractivity contribution in [1.82, 2.24) is 20.0 Å². The number of aryl methyl sites for hydroxylation is 1. The van der Waals surface area contributed by atoms with Gasteiger partial charge in [0.15, 0.2) is 0 Å². The Morgan fingerprint density at radius 2 is 2.23 bits per heavy atom. The van der Waals surface area contributed by atoms with Crippen molar-refractivity contribution in [3.63, 3.8) is 0 Å². The van der Waals surface area contributed by atoms with Gasteiger partial charge in [-0.2, -0.15) is 0 Å². The summed E-state index contributed by atoms with van der Waals surface area (Å²) in [6.45, 7) is 3.17. The highest BCUT2D eigenvalue weighted by Crippen LogP contribution is 2.32. The third kappa shape index (κ3) is 3.37. The van der Waals surface area contributed by atoms with Gasteiger partial charge in [-0.15, -0.1) is 0 Å². The van der Waals surface area contributed by atoms with Crippen LogP contribution in [0.4, 0.5) is 0 Å². The number of nitrogens with one attached hydrogen (secondary N) is 1. The molecule has 1 saturated carbocycles. The minimum Gasteiger partial charge on any atom is -0.351 e. The third-order valence-electron chi connectivity index (χ3n) is 4.34. The molecule has 0 bridgehead atoms. The predicted molar refractivity (Wildman–Crippen MR) is 81.6 cm³/mol. The third-order valence-corrected chi connectivity index (χ3v) is 4.34. The minimum atomic E-state index is -0.202. The first-order valence-electron chi connectivity index (χ1n) is 7.96. The van der Waals surface area contributed by atoms with Crippen molar-refractivity contribution in [2.75, 3.05) is 6.54 Å². The zero-order valence-electron chi connectivity index (χ0n) is 12.9. The van der Waals surface area contributed by atoms with Crippen molar-refractivity contribution in [1.29, 1.82) is 0 Å². The van der Waals surface area contributed by atoms with Crippen LogP contribution in [-0.4, -0.2) is 27.2 Å². The molecule has 22 heavy (non-hydrogen) atoms. The van der Waals surface area contributed by atoms with Crippen LogP contribution in [0, 0.1) is 6.92 Å². The summed E-state index contributed by atoms with van der Waals surface area (Å²) < 4.78 is 7.20. The zero-order chi connectivity index (χ0) is 15.4. The van der Waals surface area contributed by atoms with E-state index in [4.69, 9.17) is 4.52 Å². The number of hydrogen-bond acceptors (Lipinski definition) is 4. The first-order chi connectivity index (χ1) is 10.7. The Morgan fingerprint density at radius 3 is 2.95 bits per heavy atom. The molecule has 0 aromatic carbocycles. The van der Waals surface area contributed by atoms with Crippen molar-refractivity contribution in [2.24, 2.45) is 0 Å². The van der Waals surface area contributed by atoms with E-state index < -0.39 is 0 Å². The van der Waals surface area contributed by atoms with Gasteiger partial charge < -0.3 is 14.4 Å². The van der Waals surface area contributed by atoms with Crippen LogP contribution in [0.3, 0.4) is 0 Å². The first-order valence-corrected chi connectivity index (χ1v) is 7.96. The van der Waals surface area contributed by atoms with Gasteiger partial charge in [0.05, 0.1) is 5.69 Å². The summed E-state index contributed by atoms with van der Waals surface area (Å²) in [7, 11) is 0. The summed E-state index contributed by atoms with van der Waals surface area (Å²) in [5.41, 5.74) is 0.926. The fourth-order valence-electron chi connectivity index (χ4n) is 3.00. The molecular formula is C16H22N4O2. The van der Waals surface area contributed by atoms with Crippen LogP contribution in [0.5, 0.6) is 0 Å². The second-order valence-electron chi connectivity index (χ2n) is 5.87. The number of aromatic nitrogens is 3. The molecule has 1 aliphatic rings. The SMILES string of the molecule is Cc1nccn1CCNC(=O)c1cc(C2CCCCC2)no1. The summed E-state index contributed by atoms with van der Waals surface area (Å²) in [6, 6.07) is 1.80. The molecule has 2 heterocycles. The highest BCUT2D eigenvalue weighted by atomic mass is 16.5. The molecule has 0 radical (unpaired) electrons. The lowest BCUT2D eigenvalue weighted by Gasteiger charge is -2.18. The number of imidazole rings is 1. The lowest BCUT2D eigenvalue weighted by molar-refractivity contribution is 0.0915. The molecule has 6 heteroatoms. The average molecular weight is 302 g/mol. The van der Waals surface area contributed by atoms with E-state index >= 15 is 0 Å². The van der Waals surface area contributed by atoms with Gasteiger partial charge in [-0.3, -0.25) is 4.79 Å². The van der Waals surface area contributed by atoms with Gasteiger partial charge in [-0.05, 0) is 19.8 Å². The van der Waals surface area contributed by atoms with E-state index in [1.54, 1.807) is 12.3 Å². The number of amides is 1. The van der Waals surface area contributed by atoms with Crippen molar-refractivity contribution in [2.45, 2.75) is 51.5 Å². The summed E-state index contributed by atoms with van der Waals surface area (Å²) in [4.78, 5) is 16.2. The maximum absolute atomic E-state index is 12.1. The molecule has 118 valence electrons. The lowest BCUT2D eigenvalue weighted by Crippen LogP contribution is -2.27. The summed E-state index contributed by atoms with van der Waals surface area (Å²) >= 11 is 0. The van der Waals surface area contributed by atoms with E-state index in [-0.39, 0.29) is 5.91 Å². The van der Waals surface area contributed by atoms with Gasteiger partial charge in [0, 0.05) is 37.5 Å². The molecule has 0 atom stereocenters. The van der Waals surface area contributed by atoms with Gasteiger partial charge in [-0.1, -0.05) is 24.4 Å². The summed E-state index contributed by atoms with van der Waals surface area (Å²) in [5, 5.41) is 6.94. The number of carbonyl (C=O) groups excluding carboxylic acids is 1. The monoisotopic (exact) mass is 302 g/mol. The maximum Gasteiger partial charge on any atom is 0.289 e. The molecule has 1 N–H and O–H groups in total. The predicted octanol–water partition coefficient (Wildman–Crippen LogP) is 2.66. The van der Waals surface area contributed by atoms with E-state index in [0.29, 0.717) is 24.8 Å². The Balaban J connectivity index is 1.52. The van der Waals surface area contributed by atoms with Crippen LogP contribution in [0.1, 0.15) is 60.1 Å². The summed E-state index contributed by atoms with van der Waals surface area (Å²) in [5.74, 6) is 1.50. The van der Waals surface area contributed by atoms with Crippen molar-refractivity contribution in [3.8, 4) is 0 Å². The van der Waals surface area contributed by atoms with Gasteiger partial charge in [0.2, 0.25) is 5.76 Å². The highest BCUT2D eigenvalue weighted by molar-refractivity contribution is 5.91. The smallest absolute Gasteiger partial charge is 0.289 e. The minimum absolute atomic E-state index is 0.202. The van der Waals surface area contributed by atoms with Crippen LogP contribution in [0.2, 0.25) is 0 Å². The van der Waals surface area contributed by atoms with Crippen molar-refractivity contribution >= 4 is 5.91 Å². The molecule has 1 fully saturated rings. The Bertz CT molecular complexity index is 626. The van der Waals surface area contributed by atoms with Crippen LogP contribution < -0.4 is 5.32 Å². The molecule has 6 nitrogen and oxygen atoms in total. The van der Waals surface area contributed by atoms with Crippen molar-refractivity contribution < 1.29 is 9.32 Å². The number of nitrogens with zero attached hydrogens (tertiary/aromatic N) is 3. The lowest BCUT2D eigenvalue weighted by atomic mass is 9.87. The Labute approximate surface area is 129 Å². The second kappa shape index (κ2) is 6.77. The Kier molecular flexibility index (Phi) is 4.56. The highest BCUT2D eigenvalue weighted by Gasteiger charge is 2.21. The van der Waals surface area contributed by atoms with Crippen LogP contribution in [0.25, 0.3) is 0 Å². The van der Waals surface area contributed by atoms with Gasteiger partial charge in [0.1, 0.15) is 5.82 Å². The van der Waals surface area contributed by atoms with Gasteiger partial charge in [0.25, 0.3) is 5.91 Å². The van der Waals surface area contributed by atoms with E-state index in [1.165, 1.54) is 19.3 Å². The molecule has 0 spiro atoms. The Hall–Kier alpha value is -2.11. The molecular weight excluding hydrogens is 280 g/mol. The average Bonchev–Trinajstić information content (AvgIpc) is 3.18. The van der Waals surface area contributed by atoms with E-state index in [1.807, 2.05) is 17.7 Å². The van der Waals surface area contributed by atoms with E-state index in [9.17, 15) is 4.79 Å². The molecule has 2 aromatic heterocycles. The topological polar surface area (TPSA) is 73.0 Å². The molecule has 1 amide bonds. The number of carbonyl (C=O) groups is 1. The number of rotatable bonds is 5. The van der Waals surface area contributed by atoms with E-state index in [0.717, 1.165) is 24.4 Å². The fourth-order valence-corrected chi connectivity index (χ4v) is 3.00. The quantitative estimate of drug-likeness (QED) is 0.921. The van der Waals surface area contributed by atoms with Crippen LogP contribution in [0.15, 0.2) is 23.0 Å². The summed E-state index contributed by atoms with van der Waals surface area (Å²) in [6.07, 6.45) is 9.73. The molecule has 2 aromatic rings. The van der Waals surface area contributed by atoms with Crippen molar-refractivity contribution in [3.05, 3.63) is 35.7 Å². The normalized spacial score (nSPS) is 15.9. The largest absolute Gasteiger partial charge is 0.351 e. The Morgan fingerprint density at radius 1 is 1.41 bits per heavy atom. The van der Waals surface area contributed by atoms with Gasteiger partial charge >= 0.3 is 0 Å². The first kappa shape index (κ1) is 14.8. The molecule has 0 aliphatic heterocycles.